The molecule has 3 atom stereocenters. The van der Waals surface area contributed by atoms with Crippen LogP contribution in [0.2, 0.25) is 0 Å². The molecule has 2 rings (SSSR count). The molecular formula is C16H25NO2. The molecule has 19 heavy (non-hydrogen) atoms. The summed E-state index contributed by atoms with van der Waals surface area (Å²) < 4.78 is 5.18. The van der Waals surface area contributed by atoms with Crippen LogP contribution in [0.4, 0.5) is 0 Å². The second kappa shape index (κ2) is 5.49. The summed E-state index contributed by atoms with van der Waals surface area (Å²) in [6.07, 6.45) is 4.28. The molecule has 3 nitrogen and oxygen atoms in total. The first-order valence-electron chi connectivity index (χ1n) is 7.22. The Bertz CT molecular complexity index is 426. The maximum atomic E-state index is 12.1. The molecule has 0 spiro atoms. The summed E-state index contributed by atoms with van der Waals surface area (Å²) in [6.45, 7) is 8.09. The van der Waals surface area contributed by atoms with Gasteiger partial charge in [-0.1, -0.05) is 13.8 Å². The van der Waals surface area contributed by atoms with Gasteiger partial charge in [-0.05, 0) is 56.8 Å². The molecule has 1 saturated heterocycles. The van der Waals surface area contributed by atoms with Gasteiger partial charge < -0.3 is 9.32 Å². The number of carbonyl (C=O) groups excluding carboxylic acids is 1. The van der Waals surface area contributed by atoms with E-state index in [1.807, 2.05) is 0 Å². The van der Waals surface area contributed by atoms with Gasteiger partial charge in [0.25, 0.3) is 0 Å². The first-order valence-corrected chi connectivity index (χ1v) is 7.22. The number of likely N-dealkylation sites (tertiary alicyclic amines) is 1. The van der Waals surface area contributed by atoms with Crippen molar-refractivity contribution in [1.82, 2.24) is 4.90 Å². The van der Waals surface area contributed by atoms with Crippen LogP contribution in [-0.4, -0.2) is 30.3 Å². The van der Waals surface area contributed by atoms with Crippen LogP contribution < -0.4 is 0 Å². The van der Waals surface area contributed by atoms with Gasteiger partial charge in [-0.25, -0.2) is 0 Å². The molecule has 0 aromatic carbocycles. The number of furan rings is 1. The summed E-state index contributed by atoms with van der Waals surface area (Å²) in [5.41, 5.74) is 0.204. The van der Waals surface area contributed by atoms with Crippen molar-refractivity contribution in [3.63, 3.8) is 0 Å². The van der Waals surface area contributed by atoms with Gasteiger partial charge >= 0.3 is 0 Å². The van der Waals surface area contributed by atoms with E-state index in [-0.39, 0.29) is 11.2 Å². The molecule has 106 valence electrons. The van der Waals surface area contributed by atoms with Crippen molar-refractivity contribution in [3.8, 4) is 0 Å². The fraction of sp³-hybridized carbons (Fsp3) is 0.688. The Morgan fingerprint density at radius 3 is 2.89 bits per heavy atom. The maximum Gasteiger partial charge on any atom is 0.198 e. The lowest BCUT2D eigenvalue weighted by Gasteiger charge is -2.49. The highest BCUT2D eigenvalue weighted by molar-refractivity contribution is 5.93. The Hall–Kier alpha value is -1.09. The van der Waals surface area contributed by atoms with Gasteiger partial charge in [0.2, 0.25) is 0 Å². The molecule has 3 heteroatoms. The molecule has 2 heterocycles. The molecule has 1 aliphatic heterocycles. The molecule has 1 fully saturated rings. The third kappa shape index (κ3) is 2.76. The average Bonchev–Trinajstić information content (AvgIpc) is 2.92. The normalized spacial score (nSPS) is 32.4. The second-order valence-electron chi connectivity index (χ2n) is 6.25. The summed E-state index contributed by atoms with van der Waals surface area (Å²) in [4.78, 5) is 14.5. The SMILES string of the molecule is CC1CCN(C)C(C)C1(C)CCC(=O)c1ccco1. The number of rotatable bonds is 4. The molecule has 1 aromatic rings. The van der Waals surface area contributed by atoms with Crippen LogP contribution in [0.15, 0.2) is 22.8 Å². The molecular weight excluding hydrogens is 238 g/mol. The van der Waals surface area contributed by atoms with Crippen LogP contribution in [0, 0.1) is 11.3 Å². The highest BCUT2D eigenvalue weighted by atomic mass is 16.3. The van der Waals surface area contributed by atoms with E-state index in [4.69, 9.17) is 4.42 Å². The van der Waals surface area contributed by atoms with Gasteiger partial charge in [0.05, 0.1) is 6.26 Å². The van der Waals surface area contributed by atoms with Crippen molar-refractivity contribution in [2.45, 2.75) is 46.1 Å². The largest absolute Gasteiger partial charge is 0.461 e. The van der Waals surface area contributed by atoms with E-state index in [1.54, 1.807) is 18.4 Å². The molecule has 0 bridgehead atoms. The zero-order valence-corrected chi connectivity index (χ0v) is 12.5. The van der Waals surface area contributed by atoms with E-state index >= 15 is 0 Å². The minimum Gasteiger partial charge on any atom is -0.461 e. The Labute approximate surface area is 116 Å². The fourth-order valence-electron chi connectivity index (χ4n) is 3.23. The number of hydrogen-bond acceptors (Lipinski definition) is 3. The highest BCUT2D eigenvalue weighted by Crippen LogP contribution is 2.43. The lowest BCUT2D eigenvalue weighted by Crippen LogP contribution is -2.51. The van der Waals surface area contributed by atoms with Crippen LogP contribution in [-0.2, 0) is 0 Å². The third-order valence-corrected chi connectivity index (χ3v) is 5.34. The standard InChI is InChI=1S/C16H25NO2/c1-12-8-10-17(4)13(2)16(12,3)9-7-14(18)15-6-5-11-19-15/h5-6,11-13H,7-10H2,1-4H3. The van der Waals surface area contributed by atoms with Crippen LogP contribution >= 0.6 is 0 Å². The number of ketones is 1. The van der Waals surface area contributed by atoms with Crippen molar-refractivity contribution >= 4 is 5.78 Å². The van der Waals surface area contributed by atoms with E-state index in [0.717, 1.165) is 13.0 Å². The Morgan fingerprint density at radius 2 is 2.26 bits per heavy atom. The first-order chi connectivity index (χ1) is 8.95. The number of piperidine rings is 1. The van der Waals surface area contributed by atoms with Gasteiger partial charge in [-0.2, -0.15) is 0 Å². The zero-order valence-electron chi connectivity index (χ0n) is 12.5. The zero-order chi connectivity index (χ0) is 14.0. The van der Waals surface area contributed by atoms with E-state index in [9.17, 15) is 4.79 Å². The van der Waals surface area contributed by atoms with E-state index in [0.29, 0.717) is 24.1 Å². The Kier molecular flexibility index (Phi) is 4.14. The average molecular weight is 263 g/mol. The predicted octanol–water partition coefficient (Wildman–Crippen LogP) is 3.61. The molecule has 0 radical (unpaired) electrons. The molecule has 3 unspecified atom stereocenters. The first kappa shape index (κ1) is 14.3. The monoisotopic (exact) mass is 263 g/mol. The van der Waals surface area contributed by atoms with Gasteiger partial charge in [-0.15, -0.1) is 0 Å². The second-order valence-corrected chi connectivity index (χ2v) is 6.25. The van der Waals surface area contributed by atoms with Gasteiger partial charge in [0, 0.05) is 12.5 Å². The Morgan fingerprint density at radius 1 is 1.53 bits per heavy atom. The van der Waals surface area contributed by atoms with Crippen molar-refractivity contribution in [1.29, 1.82) is 0 Å². The number of carbonyl (C=O) groups is 1. The summed E-state index contributed by atoms with van der Waals surface area (Å²) in [7, 11) is 2.18. The summed E-state index contributed by atoms with van der Waals surface area (Å²) in [6, 6.07) is 4.04. The highest BCUT2D eigenvalue weighted by Gasteiger charge is 2.41. The van der Waals surface area contributed by atoms with Crippen molar-refractivity contribution in [3.05, 3.63) is 24.2 Å². The van der Waals surface area contributed by atoms with Crippen LogP contribution in [0.25, 0.3) is 0 Å². The van der Waals surface area contributed by atoms with Crippen molar-refractivity contribution < 1.29 is 9.21 Å². The minimum atomic E-state index is 0.124. The summed E-state index contributed by atoms with van der Waals surface area (Å²) >= 11 is 0. The number of Topliss-reactive ketones (excluding diaryl/α,β-unsaturated/α-hetero) is 1. The smallest absolute Gasteiger partial charge is 0.198 e. The molecule has 1 aromatic heterocycles. The lowest BCUT2D eigenvalue weighted by molar-refractivity contribution is -0.000195. The van der Waals surface area contributed by atoms with Crippen LogP contribution in [0.3, 0.4) is 0 Å². The summed E-state index contributed by atoms with van der Waals surface area (Å²) in [5.74, 6) is 1.27. The van der Waals surface area contributed by atoms with Gasteiger partial charge in [0.15, 0.2) is 11.5 Å². The fourth-order valence-corrected chi connectivity index (χ4v) is 3.23. The Balaban J connectivity index is 2.02. The number of hydrogen-bond donors (Lipinski definition) is 0. The van der Waals surface area contributed by atoms with Crippen LogP contribution in [0.1, 0.15) is 50.6 Å². The third-order valence-electron chi connectivity index (χ3n) is 5.34. The molecule has 0 aliphatic carbocycles. The van der Waals surface area contributed by atoms with Crippen molar-refractivity contribution in [2.75, 3.05) is 13.6 Å². The lowest BCUT2D eigenvalue weighted by atomic mass is 9.65. The molecule has 0 N–H and O–H groups in total. The van der Waals surface area contributed by atoms with E-state index in [1.165, 1.54) is 6.42 Å². The maximum absolute atomic E-state index is 12.1. The van der Waals surface area contributed by atoms with E-state index in [2.05, 4.69) is 32.7 Å². The van der Waals surface area contributed by atoms with E-state index < -0.39 is 0 Å². The predicted molar refractivity (Wildman–Crippen MR) is 76.3 cm³/mol. The quantitative estimate of drug-likeness (QED) is 0.778. The molecule has 0 amide bonds. The molecule has 0 saturated carbocycles. The summed E-state index contributed by atoms with van der Waals surface area (Å²) in [5, 5.41) is 0. The topological polar surface area (TPSA) is 33.5 Å². The molecule has 1 aliphatic rings. The van der Waals surface area contributed by atoms with Gasteiger partial charge in [0.1, 0.15) is 0 Å². The van der Waals surface area contributed by atoms with Gasteiger partial charge in [-0.3, -0.25) is 4.79 Å². The van der Waals surface area contributed by atoms with Crippen LogP contribution in [0.5, 0.6) is 0 Å². The van der Waals surface area contributed by atoms with Crippen molar-refractivity contribution in [2.24, 2.45) is 11.3 Å². The minimum absolute atomic E-state index is 0.124. The number of nitrogens with zero attached hydrogens (tertiary/aromatic N) is 1.